The van der Waals surface area contributed by atoms with E-state index < -0.39 is 9.84 Å². The topological polar surface area (TPSA) is 51.2 Å². The van der Waals surface area contributed by atoms with Crippen LogP contribution in [0, 0.1) is 0 Å². The van der Waals surface area contributed by atoms with Crippen molar-refractivity contribution in [1.29, 1.82) is 0 Å². The Morgan fingerprint density at radius 3 is 2.64 bits per heavy atom. The molecular formula is C7H6BrClO3S2. The van der Waals surface area contributed by atoms with Crippen LogP contribution in [0.2, 0.25) is 4.34 Å². The van der Waals surface area contributed by atoms with Crippen molar-refractivity contribution in [2.45, 2.75) is 4.21 Å². The molecule has 7 heteroatoms. The van der Waals surface area contributed by atoms with Gasteiger partial charge in [0.1, 0.15) is 4.21 Å². The lowest BCUT2D eigenvalue weighted by Crippen LogP contribution is -2.05. The molecule has 0 unspecified atom stereocenters. The minimum Gasteiger partial charge on any atom is -0.293 e. The normalized spacial score (nSPS) is 11.6. The first-order chi connectivity index (χ1) is 6.36. The van der Waals surface area contributed by atoms with Gasteiger partial charge in [0.2, 0.25) is 0 Å². The number of alkyl halides is 1. The van der Waals surface area contributed by atoms with E-state index in [1.165, 1.54) is 6.07 Å². The summed E-state index contributed by atoms with van der Waals surface area (Å²) in [5.74, 6) is -0.284. The molecule has 1 rings (SSSR count). The van der Waals surface area contributed by atoms with Crippen LogP contribution in [0.3, 0.4) is 0 Å². The Labute approximate surface area is 99.1 Å². The van der Waals surface area contributed by atoms with Gasteiger partial charge in [0.25, 0.3) is 0 Å². The van der Waals surface area contributed by atoms with Gasteiger partial charge in [0.15, 0.2) is 15.6 Å². The van der Waals surface area contributed by atoms with Crippen LogP contribution in [-0.4, -0.2) is 25.8 Å². The maximum Gasteiger partial charge on any atom is 0.185 e. The molecule has 0 atom stereocenters. The lowest BCUT2D eigenvalue weighted by molar-refractivity contribution is 0.102. The zero-order valence-corrected chi connectivity index (χ0v) is 11.1. The molecule has 0 radical (unpaired) electrons. The van der Waals surface area contributed by atoms with E-state index in [4.69, 9.17) is 11.6 Å². The Morgan fingerprint density at radius 1 is 1.64 bits per heavy atom. The fourth-order valence-corrected chi connectivity index (χ4v) is 3.75. The predicted octanol–water partition coefficient (Wildman–Crippen LogP) is 2.38. The van der Waals surface area contributed by atoms with Gasteiger partial charge in [-0.25, -0.2) is 8.42 Å². The molecule has 78 valence electrons. The van der Waals surface area contributed by atoms with E-state index in [2.05, 4.69) is 15.9 Å². The maximum absolute atomic E-state index is 11.3. The highest BCUT2D eigenvalue weighted by Crippen LogP contribution is 2.31. The number of carbonyl (C=O) groups excluding carboxylic acids is 1. The first-order valence-electron chi connectivity index (χ1n) is 3.45. The first-order valence-corrected chi connectivity index (χ1v) is 7.65. The van der Waals surface area contributed by atoms with Gasteiger partial charge < -0.3 is 0 Å². The van der Waals surface area contributed by atoms with Crippen LogP contribution in [0.1, 0.15) is 10.4 Å². The summed E-state index contributed by atoms with van der Waals surface area (Å²) in [7, 11) is -3.38. The molecule has 14 heavy (non-hydrogen) atoms. The van der Waals surface area contributed by atoms with Gasteiger partial charge in [-0.3, -0.25) is 4.79 Å². The highest BCUT2D eigenvalue weighted by molar-refractivity contribution is 9.09. The second kappa shape index (κ2) is 4.30. The van der Waals surface area contributed by atoms with Crippen molar-refractivity contribution in [2.24, 2.45) is 0 Å². The number of hydrogen-bond acceptors (Lipinski definition) is 4. The SMILES string of the molecule is CS(=O)(=O)c1sc(Cl)cc1C(=O)CBr. The van der Waals surface area contributed by atoms with Crippen molar-refractivity contribution < 1.29 is 13.2 Å². The zero-order chi connectivity index (χ0) is 10.9. The summed E-state index contributed by atoms with van der Waals surface area (Å²) in [5.41, 5.74) is 0.166. The first kappa shape index (κ1) is 12.2. The van der Waals surface area contributed by atoms with Gasteiger partial charge in [0.05, 0.1) is 9.67 Å². The molecule has 0 aliphatic carbocycles. The molecule has 3 nitrogen and oxygen atoms in total. The maximum atomic E-state index is 11.3. The lowest BCUT2D eigenvalue weighted by atomic mass is 10.2. The molecule has 0 fully saturated rings. The van der Waals surface area contributed by atoms with Crippen molar-refractivity contribution in [3.63, 3.8) is 0 Å². The number of thiophene rings is 1. The van der Waals surface area contributed by atoms with Crippen molar-refractivity contribution in [3.8, 4) is 0 Å². The van der Waals surface area contributed by atoms with Crippen molar-refractivity contribution in [2.75, 3.05) is 11.6 Å². The van der Waals surface area contributed by atoms with Gasteiger partial charge >= 0.3 is 0 Å². The second-order valence-electron chi connectivity index (χ2n) is 2.58. The lowest BCUT2D eigenvalue weighted by Gasteiger charge is -1.96. The summed E-state index contributed by atoms with van der Waals surface area (Å²) in [4.78, 5) is 11.3. The molecule has 1 heterocycles. The smallest absolute Gasteiger partial charge is 0.185 e. The molecule has 0 aliphatic rings. The molecular weight excluding hydrogens is 312 g/mol. The second-order valence-corrected chi connectivity index (χ2v) is 7.04. The Morgan fingerprint density at radius 2 is 2.21 bits per heavy atom. The minimum absolute atomic E-state index is 0.0342. The van der Waals surface area contributed by atoms with Crippen LogP contribution in [0.15, 0.2) is 10.3 Å². The third-order valence-corrected chi connectivity index (χ3v) is 5.05. The third-order valence-electron chi connectivity index (χ3n) is 1.43. The van der Waals surface area contributed by atoms with Crippen LogP contribution in [0.4, 0.5) is 0 Å². The number of Topliss-reactive ketones (excluding diaryl/α,β-unsaturated/α-hetero) is 1. The molecule has 1 aromatic heterocycles. The Hall–Kier alpha value is 0.0900. The number of rotatable bonds is 3. The molecule has 1 aromatic rings. The van der Waals surface area contributed by atoms with Crippen molar-refractivity contribution in [1.82, 2.24) is 0 Å². The van der Waals surface area contributed by atoms with E-state index in [0.29, 0.717) is 4.34 Å². The standard InChI is InChI=1S/C7H6BrClO3S2/c1-14(11,12)7-4(5(10)3-8)2-6(9)13-7/h2H,3H2,1H3. The molecule has 0 spiro atoms. The zero-order valence-electron chi connectivity index (χ0n) is 7.08. The fourth-order valence-electron chi connectivity index (χ4n) is 0.887. The Bertz CT molecular complexity index is 463. The number of halogens is 2. The van der Waals surface area contributed by atoms with Gasteiger partial charge in [-0.1, -0.05) is 27.5 Å². The Balaban J connectivity index is 3.38. The Kier molecular flexibility index (Phi) is 3.74. The van der Waals surface area contributed by atoms with Crippen LogP contribution in [0.5, 0.6) is 0 Å². The molecule has 0 saturated carbocycles. The van der Waals surface area contributed by atoms with Gasteiger partial charge in [-0.05, 0) is 6.07 Å². The number of ketones is 1. The van der Waals surface area contributed by atoms with E-state index in [-0.39, 0.29) is 20.9 Å². The summed E-state index contributed by atoms with van der Waals surface area (Å²) in [6, 6.07) is 1.38. The summed E-state index contributed by atoms with van der Waals surface area (Å²) in [6.07, 6.45) is 1.06. The van der Waals surface area contributed by atoms with E-state index in [0.717, 1.165) is 17.6 Å². The average molecular weight is 318 g/mol. The minimum atomic E-state index is -3.38. The highest BCUT2D eigenvalue weighted by atomic mass is 79.9. The highest BCUT2D eigenvalue weighted by Gasteiger charge is 2.21. The number of carbonyl (C=O) groups is 1. The van der Waals surface area contributed by atoms with Crippen LogP contribution >= 0.6 is 38.9 Å². The largest absolute Gasteiger partial charge is 0.293 e. The number of sulfone groups is 1. The summed E-state index contributed by atoms with van der Waals surface area (Å²) in [5, 5.41) is 0.0859. The third kappa shape index (κ3) is 2.56. The molecule has 0 aromatic carbocycles. The molecule has 0 saturated heterocycles. The van der Waals surface area contributed by atoms with Crippen LogP contribution in [0.25, 0.3) is 0 Å². The van der Waals surface area contributed by atoms with Gasteiger partial charge in [-0.15, -0.1) is 11.3 Å². The molecule has 0 amide bonds. The van der Waals surface area contributed by atoms with E-state index >= 15 is 0 Å². The quantitative estimate of drug-likeness (QED) is 0.635. The number of hydrogen-bond donors (Lipinski definition) is 0. The van der Waals surface area contributed by atoms with Crippen molar-refractivity contribution >= 4 is 54.5 Å². The molecule has 0 aliphatic heterocycles. The van der Waals surface area contributed by atoms with E-state index in [9.17, 15) is 13.2 Å². The predicted molar refractivity (Wildman–Crippen MR) is 60.6 cm³/mol. The van der Waals surface area contributed by atoms with Crippen molar-refractivity contribution in [3.05, 3.63) is 16.0 Å². The fraction of sp³-hybridized carbons (Fsp3) is 0.286. The van der Waals surface area contributed by atoms with Crippen LogP contribution < -0.4 is 0 Å². The summed E-state index contributed by atoms with van der Waals surface area (Å²) < 4.78 is 22.9. The van der Waals surface area contributed by atoms with Gasteiger partial charge in [0, 0.05) is 11.8 Å². The molecule has 0 bridgehead atoms. The summed E-state index contributed by atoms with van der Waals surface area (Å²) in [6.45, 7) is 0. The molecule has 0 N–H and O–H groups in total. The van der Waals surface area contributed by atoms with E-state index in [1.54, 1.807) is 0 Å². The summed E-state index contributed by atoms with van der Waals surface area (Å²) >= 11 is 9.54. The van der Waals surface area contributed by atoms with Gasteiger partial charge in [-0.2, -0.15) is 0 Å². The van der Waals surface area contributed by atoms with Crippen LogP contribution in [-0.2, 0) is 9.84 Å². The monoisotopic (exact) mass is 316 g/mol. The average Bonchev–Trinajstić information content (AvgIpc) is 2.45. The van der Waals surface area contributed by atoms with E-state index in [1.807, 2.05) is 0 Å².